The van der Waals surface area contributed by atoms with Crippen molar-refractivity contribution in [3.05, 3.63) is 63.1 Å². The van der Waals surface area contributed by atoms with Gasteiger partial charge in [0.25, 0.3) is 5.91 Å². The summed E-state index contributed by atoms with van der Waals surface area (Å²) in [6.07, 6.45) is 0.430. The van der Waals surface area contributed by atoms with Gasteiger partial charge in [-0.3, -0.25) is 9.59 Å². The van der Waals surface area contributed by atoms with E-state index in [0.717, 1.165) is 11.1 Å². The van der Waals surface area contributed by atoms with Gasteiger partial charge in [-0.2, -0.15) is 0 Å². The van der Waals surface area contributed by atoms with Crippen molar-refractivity contribution < 1.29 is 14.3 Å². The zero-order chi connectivity index (χ0) is 24.1. The minimum absolute atomic E-state index is 0.101. The van der Waals surface area contributed by atoms with Crippen LogP contribution in [0.25, 0.3) is 0 Å². The number of nitrogens with one attached hydrogen (secondary N) is 1. The number of hydrogen-bond donors (Lipinski definition) is 1. The summed E-state index contributed by atoms with van der Waals surface area (Å²) in [5.41, 5.74) is 2.38. The Labute approximate surface area is 201 Å². The molecule has 1 atom stereocenters. The molecule has 0 aliphatic rings. The summed E-state index contributed by atoms with van der Waals surface area (Å²) in [6, 6.07) is 10.1. The van der Waals surface area contributed by atoms with E-state index in [1.165, 1.54) is 4.90 Å². The maximum absolute atomic E-state index is 13.3. The van der Waals surface area contributed by atoms with Gasteiger partial charge in [0.2, 0.25) is 5.91 Å². The first kappa shape index (κ1) is 26.0. The second-order valence-corrected chi connectivity index (χ2v) is 9.73. The van der Waals surface area contributed by atoms with Crippen LogP contribution in [0.4, 0.5) is 0 Å². The van der Waals surface area contributed by atoms with E-state index in [9.17, 15) is 9.59 Å². The number of rotatable bonds is 8. The standard InChI is InChI=1S/C25H32Cl2N2O3/c1-7-22(24(31)28-25(4,5)6)29(14-19-20(26)9-8-10-21(19)27)23(30)15-32-18-12-11-16(2)17(3)13-18/h8-13,22H,7,14-15H2,1-6H3,(H,28,31)/t22-/m0/s1. The summed E-state index contributed by atoms with van der Waals surface area (Å²) in [4.78, 5) is 27.8. The van der Waals surface area contributed by atoms with Crippen molar-refractivity contribution in [1.29, 1.82) is 0 Å². The molecule has 0 radical (unpaired) electrons. The zero-order valence-electron chi connectivity index (χ0n) is 19.6. The van der Waals surface area contributed by atoms with Gasteiger partial charge >= 0.3 is 0 Å². The fraction of sp³-hybridized carbons (Fsp3) is 0.440. The Morgan fingerprint density at radius 1 is 1.06 bits per heavy atom. The van der Waals surface area contributed by atoms with Gasteiger partial charge in [0.1, 0.15) is 11.8 Å². The van der Waals surface area contributed by atoms with E-state index >= 15 is 0 Å². The van der Waals surface area contributed by atoms with Crippen molar-refractivity contribution in [3.63, 3.8) is 0 Å². The van der Waals surface area contributed by atoms with Crippen LogP contribution in [-0.2, 0) is 16.1 Å². The average molecular weight is 479 g/mol. The van der Waals surface area contributed by atoms with Crippen molar-refractivity contribution >= 4 is 35.0 Å². The highest BCUT2D eigenvalue weighted by Gasteiger charge is 2.31. The molecule has 2 aromatic rings. The number of halogens is 2. The van der Waals surface area contributed by atoms with Crippen molar-refractivity contribution in [2.24, 2.45) is 0 Å². The molecule has 0 fully saturated rings. The van der Waals surface area contributed by atoms with Gasteiger partial charge in [-0.15, -0.1) is 0 Å². The minimum atomic E-state index is -0.697. The molecule has 0 saturated carbocycles. The number of hydrogen-bond acceptors (Lipinski definition) is 3. The molecule has 0 aromatic heterocycles. The molecular formula is C25H32Cl2N2O3. The Bertz CT molecular complexity index is 950. The van der Waals surface area contributed by atoms with Crippen LogP contribution in [0.15, 0.2) is 36.4 Å². The maximum Gasteiger partial charge on any atom is 0.261 e. The molecule has 7 heteroatoms. The molecule has 0 spiro atoms. The average Bonchev–Trinajstić information content (AvgIpc) is 2.69. The van der Waals surface area contributed by atoms with Crippen LogP contribution < -0.4 is 10.1 Å². The summed E-state index contributed by atoms with van der Waals surface area (Å²) < 4.78 is 5.77. The first-order valence-corrected chi connectivity index (χ1v) is 11.4. The fourth-order valence-electron chi connectivity index (χ4n) is 3.26. The summed E-state index contributed by atoms with van der Waals surface area (Å²) in [7, 11) is 0. The Hall–Kier alpha value is -2.24. The third-order valence-corrected chi connectivity index (χ3v) is 5.82. The summed E-state index contributed by atoms with van der Waals surface area (Å²) in [6.45, 7) is 11.5. The number of carbonyl (C=O) groups is 2. The third-order valence-electron chi connectivity index (χ3n) is 5.11. The van der Waals surface area contributed by atoms with E-state index in [-0.39, 0.29) is 25.0 Å². The molecule has 2 aromatic carbocycles. The van der Waals surface area contributed by atoms with E-state index in [4.69, 9.17) is 27.9 Å². The summed E-state index contributed by atoms with van der Waals surface area (Å²) >= 11 is 12.7. The van der Waals surface area contributed by atoms with E-state index in [0.29, 0.717) is 27.8 Å². The first-order chi connectivity index (χ1) is 14.9. The van der Waals surface area contributed by atoms with Gasteiger partial charge in [-0.25, -0.2) is 0 Å². The lowest BCUT2D eigenvalue weighted by Gasteiger charge is -2.33. The molecule has 0 unspecified atom stereocenters. The monoisotopic (exact) mass is 478 g/mol. The Morgan fingerprint density at radius 2 is 1.69 bits per heavy atom. The van der Waals surface area contributed by atoms with Gasteiger partial charge < -0.3 is 15.0 Å². The van der Waals surface area contributed by atoms with Crippen LogP contribution in [0, 0.1) is 13.8 Å². The van der Waals surface area contributed by atoms with Crippen LogP contribution in [0.1, 0.15) is 50.8 Å². The predicted octanol–water partition coefficient (Wildman–Crippen LogP) is 5.71. The zero-order valence-corrected chi connectivity index (χ0v) is 21.1. The van der Waals surface area contributed by atoms with Crippen LogP contribution >= 0.6 is 23.2 Å². The molecule has 0 aliphatic carbocycles. The Kier molecular flexibility index (Phi) is 8.99. The van der Waals surface area contributed by atoms with Crippen LogP contribution in [0.3, 0.4) is 0 Å². The highest BCUT2D eigenvalue weighted by atomic mass is 35.5. The van der Waals surface area contributed by atoms with Crippen LogP contribution in [-0.4, -0.2) is 34.9 Å². The van der Waals surface area contributed by atoms with Gasteiger partial charge in [-0.05, 0) is 76.4 Å². The smallest absolute Gasteiger partial charge is 0.261 e. The second-order valence-electron chi connectivity index (χ2n) is 8.92. The number of ether oxygens (including phenoxy) is 1. The van der Waals surface area contributed by atoms with Crippen LogP contribution in [0.5, 0.6) is 5.75 Å². The molecule has 0 bridgehead atoms. The maximum atomic E-state index is 13.3. The van der Waals surface area contributed by atoms with Crippen LogP contribution in [0.2, 0.25) is 10.0 Å². The van der Waals surface area contributed by atoms with Gasteiger partial charge in [0.15, 0.2) is 6.61 Å². The van der Waals surface area contributed by atoms with Crippen molar-refractivity contribution in [2.45, 2.75) is 66.1 Å². The summed E-state index contributed by atoms with van der Waals surface area (Å²) in [5.74, 6) is 0.0437. The molecule has 1 N–H and O–H groups in total. The van der Waals surface area contributed by atoms with Crippen molar-refractivity contribution in [2.75, 3.05) is 6.61 Å². The fourth-order valence-corrected chi connectivity index (χ4v) is 3.77. The lowest BCUT2D eigenvalue weighted by atomic mass is 10.1. The number of carbonyl (C=O) groups excluding carboxylic acids is 2. The van der Waals surface area contributed by atoms with E-state index in [2.05, 4.69) is 5.32 Å². The molecule has 174 valence electrons. The highest BCUT2D eigenvalue weighted by Crippen LogP contribution is 2.27. The molecule has 0 aliphatic heterocycles. The summed E-state index contributed by atoms with van der Waals surface area (Å²) in [5, 5.41) is 3.85. The SMILES string of the molecule is CC[C@@H](C(=O)NC(C)(C)C)N(Cc1c(Cl)cccc1Cl)C(=O)COc1ccc(C)c(C)c1. The Morgan fingerprint density at radius 3 is 2.22 bits per heavy atom. The third kappa shape index (κ3) is 7.14. The molecule has 2 amide bonds. The largest absolute Gasteiger partial charge is 0.484 e. The van der Waals surface area contributed by atoms with Gasteiger partial charge in [0.05, 0.1) is 0 Å². The highest BCUT2D eigenvalue weighted by molar-refractivity contribution is 6.36. The normalized spacial score (nSPS) is 12.2. The molecule has 0 saturated heterocycles. The van der Waals surface area contributed by atoms with Crippen molar-refractivity contribution in [3.8, 4) is 5.75 Å². The molecule has 2 rings (SSSR count). The minimum Gasteiger partial charge on any atom is -0.484 e. The van der Waals surface area contributed by atoms with Gasteiger partial charge in [-0.1, -0.05) is 42.3 Å². The molecule has 5 nitrogen and oxygen atoms in total. The number of nitrogens with zero attached hydrogens (tertiary/aromatic N) is 1. The number of amides is 2. The number of benzene rings is 2. The lowest BCUT2D eigenvalue weighted by molar-refractivity contribution is -0.143. The molecule has 0 heterocycles. The number of aryl methyl sites for hydroxylation is 2. The molecular weight excluding hydrogens is 447 g/mol. The predicted molar refractivity (Wildman–Crippen MR) is 130 cm³/mol. The van der Waals surface area contributed by atoms with E-state index < -0.39 is 11.6 Å². The lowest BCUT2D eigenvalue weighted by Crippen LogP contribution is -2.54. The topological polar surface area (TPSA) is 58.6 Å². The van der Waals surface area contributed by atoms with E-state index in [1.807, 2.05) is 59.7 Å². The first-order valence-electron chi connectivity index (χ1n) is 10.7. The van der Waals surface area contributed by atoms with Gasteiger partial charge in [0, 0.05) is 27.7 Å². The van der Waals surface area contributed by atoms with Crippen molar-refractivity contribution in [1.82, 2.24) is 10.2 Å². The van der Waals surface area contributed by atoms with E-state index in [1.54, 1.807) is 18.2 Å². The quantitative estimate of drug-likeness (QED) is 0.528. The second kappa shape index (κ2) is 11.1. The Balaban J connectivity index is 2.31. The molecule has 32 heavy (non-hydrogen) atoms.